The Kier molecular flexibility index (Phi) is 4.21. The lowest BCUT2D eigenvalue weighted by molar-refractivity contribution is -0.190. The Morgan fingerprint density at radius 2 is 1.95 bits per heavy atom. The lowest BCUT2D eigenvalue weighted by atomic mass is 10.0. The first-order valence-corrected chi connectivity index (χ1v) is 8.65. The van der Waals surface area contributed by atoms with Gasteiger partial charge in [0.05, 0.1) is 19.8 Å². The van der Waals surface area contributed by atoms with Gasteiger partial charge in [0.25, 0.3) is 0 Å². The smallest absolute Gasteiger partial charge is 0.181 e. The Bertz CT molecular complexity index is 482. The first-order valence-electron chi connectivity index (χ1n) is 7.10. The van der Waals surface area contributed by atoms with Crippen LogP contribution >= 0.6 is 0 Å². The van der Waals surface area contributed by atoms with Gasteiger partial charge in [-0.1, -0.05) is 12.1 Å². The lowest BCUT2D eigenvalue weighted by Gasteiger charge is -2.38. The standard InChI is InChI=1S/C15H21NO3S/c1-20(17)14-5-3-13(4-6-14)11-16-8-2-7-15(12-16)18-9-10-19-15/h3-6H,2,7-12H2,1H3/t20-/m0/s1. The van der Waals surface area contributed by atoms with Crippen LogP contribution in [0, 0.1) is 0 Å². The van der Waals surface area contributed by atoms with Crippen LogP contribution in [0.3, 0.4) is 0 Å². The third-order valence-electron chi connectivity index (χ3n) is 3.97. The fraction of sp³-hybridized carbons (Fsp3) is 0.600. The molecule has 1 spiro atoms. The van der Waals surface area contributed by atoms with Gasteiger partial charge in [-0.3, -0.25) is 9.11 Å². The van der Waals surface area contributed by atoms with Gasteiger partial charge in [0.1, 0.15) is 0 Å². The molecule has 5 heteroatoms. The fourth-order valence-corrected chi connectivity index (χ4v) is 3.50. The topological polar surface area (TPSA) is 38.8 Å². The van der Waals surface area contributed by atoms with Gasteiger partial charge in [-0.25, -0.2) is 0 Å². The Hall–Kier alpha value is -0.750. The van der Waals surface area contributed by atoms with Crippen LogP contribution in [0.15, 0.2) is 29.2 Å². The molecule has 2 aliphatic heterocycles. The van der Waals surface area contributed by atoms with Gasteiger partial charge in [0.2, 0.25) is 0 Å². The largest absolute Gasteiger partial charge is 0.346 e. The minimum absolute atomic E-state index is 0.358. The molecule has 0 aliphatic carbocycles. The first kappa shape index (κ1) is 14.2. The Labute approximate surface area is 122 Å². The van der Waals surface area contributed by atoms with Crippen LogP contribution in [0.5, 0.6) is 0 Å². The van der Waals surface area contributed by atoms with Crippen molar-refractivity contribution in [1.82, 2.24) is 4.90 Å². The summed E-state index contributed by atoms with van der Waals surface area (Å²) in [7, 11) is -0.905. The van der Waals surface area contributed by atoms with Crippen molar-refractivity contribution < 1.29 is 13.7 Å². The molecule has 4 nitrogen and oxygen atoms in total. The zero-order valence-corrected chi connectivity index (χ0v) is 12.7. The van der Waals surface area contributed by atoms with Crippen molar-refractivity contribution in [2.75, 3.05) is 32.6 Å². The molecule has 110 valence electrons. The molecule has 0 bridgehead atoms. The molecule has 3 rings (SSSR count). The molecular weight excluding hydrogens is 274 g/mol. The SMILES string of the molecule is C[S@](=O)c1ccc(CN2CCCC3(C2)OCCO3)cc1. The molecule has 2 aliphatic rings. The zero-order valence-electron chi connectivity index (χ0n) is 11.8. The van der Waals surface area contributed by atoms with Crippen LogP contribution in [0.25, 0.3) is 0 Å². The van der Waals surface area contributed by atoms with E-state index in [1.54, 1.807) is 6.26 Å². The Balaban J connectivity index is 1.63. The maximum atomic E-state index is 11.4. The monoisotopic (exact) mass is 295 g/mol. The highest BCUT2D eigenvalue weighted by atomic mass is 32.2. The molecule has 0 unspecified atom stereocenters. The molecule has 2 heterocycles. The maximum Gasteiger partial charge on any atom is 0.181 e. The van der Waals surface area contributed by atoms with Crippen LogP contribution < -0.4 is 0 Å². The minimum Gasteiger partial charge on any atom is -0.346 e. The van der Waals surface area contributed by atoms with Crippen molar-refractivity contribution in [1.29, 1.82) is 0 Å². The van der Waals surface area contributed by atoms with Crippen LogP contribution in [-0.2, 0) is 26.8 Å². The molecule has 1 aromatic rings. The number of benzene rings is 1. The Morgan fingerprint density at radius 3 is 2.60 bits per heavy atom. The normalized spacial score (nSPS) is 24.1. The van der Waals surface area contributed by atoms with Crippen LogP contribution in [0.2, 0.25) is 0 Å². The van der Waals surface area contributed by atoms with E-state index in [1.165, 1.54) is 5.56 Å². The summed E-state index contributed by atoms with van der Waals surface area (Å²) in [6, 6.07) is 8.03. The van der Waals surface area contributed by atoms with E-state index in [9.17, 15) is 4.21 Å². The summed E-state index contributed by atoms with van der Waals surface area (Å²) in [5, 5.41) is 0. The number of rotatable bonds is 3. The van der Waals surface area contributed by atoms with E-state index in [1.807, 2.05) is 12.1 Å². The van der Waals surface area contributed by atoms with Gasteiger partial charge in [-0.15, -0.1) is 0 Å². The number of ether oxygens (including phenoxy) is 2. The van der Waals surface area contributed by atoms with Crippen molar-refractivity contribution in [3.63, 3.8) is 0 Å². The number of nitrogens with zero attached hydrogens (tertiary/aromatic N) is 1. The third kappa shape index (κ3) is 3.11. The van der Waals surface area contributed by atoms with Gasteiger partial charge in [-0.2, -0.15) is 0 Å². The van der Waals surface area contributed by atoms with Gasteiger partial charge in [-0.05, 0) is 30.7 Å². The van der Waals surface area contributed by atoms with E-state index >= 15 is 0 Å². The van der Waals surface area contributed by atoms with E-state index in [0.717, 1.165) is 37.4 Å². The van der Waals surface area contributed by atoms with Crippen molar-refractivity contribution in [2.45, 2.75) is 30.1 Å². The van der Waals surface area contributed by atoms with Crippen LogP contribution in [0.1, 0.15) is 18.4 Å². The minimum atomic E-state index is -0.905. The quantitative estimate of drug-likeness (QED) is 0.852. The zero-order chi connectivity index (χ0) is 14.0. The summed E-state index contributed by atoms with van der Waals surface area (Å²) in [5.41, 5.74) is 1.24. The molecule has 0 N–H and O–H groups in total. The molecule has 0 aromatic heterocycles. The van der Waals surface area contributed by atoms with E-state index < -0.39 is 10.8 Å². The van der Waals surface area contributed by atoms with Gasteiger partial charge in [0, 0.05) is 34.9 Å². The molecule has 20 heavy (non-hydrogen) atoms. The average molecular weight is 295 g/mol. The van der Waals surface area contributed by atoms with Crippen molar-refractivity contribution >= 4 is 10.8 Å². The molecular formula is C15H21NO3S. The van der Waals surface area contributed by atoms with Crippen molar-refractivity contribution in [3.05, 3.63) is 29.8 Å². The van der Waals surface area contributed by atoms with Crippen LogP contribution in [-0.4, -0.2) is 47.5 Å². The fourth-order valence-electron chi connectivity index (χ4n) is 2.98. The summed E-state index contributed by atoms with van der Waals surface area (Å²) >= 11 is 0. The predicted molar refractivity (Wildman–Crippen MR) is 77.9 cm³/mol. The van der Waals surface area contributed by atoms with Crippen LogP contribution in [0.4, 0.5) is 0 Å². The second-order valence-corrected chi connectivity index (χ2v) is 6.90. The highest BCUT2D eigenvalue weighted by molar-refractivity contribution is 7.84. The molecule has 0 radical (unpaired) electrons. The number of piperidine rings is 1. The van der Waals surface area contributed by atoms with Crippen molar-refractivity contribution in [3.8, 4) is 0 Å². The van der Waals surface area contributed by atoms with E-state index in [0.29, 0.717) is 13.2 Å². The molecule has 0 amide bonds. The molecule has 2 fully saturated rings. The van der Waals surface area contributed by atoms with Gasteiger partial charge >= 0.3 is 0 Å². The van der Waals surface area contributed by atoms with E-state index in [2.05, 4.69) is 17.0 Å². The summed E-state index contributed by atoms with van der Waals surface area (Å²) in [6.45, 7) is 4.24. The first-order chi connectivity index (χ1) is 9.67. The summed E-state index contributed by atoms with van der Waals surface area (Å²) in [4.78, 5) is 3.26. The number of hydrogen-bond donors (Lipinski definition) is 0. The molecule has 1 aromatic carbocycles. The van der Waals surface area contributed by atoms with E-state index in [-0.39, 0.29) is 5.79 Å². The highest BCUT2D eigenvalue weighted by Gasteiger charge is 2.40. The predicted octanol–water partition coefficient (Wildman–Crippen LogP) is 1.76. The molecule has 0 saturated carbocycles. The lowest BCUT2D eigenvalue weighted by Crippen LogP contribution is -2.48. The molecule has 1 atom stereocenters. The number of likely N-dealkylation sites (tertiary alicyclic amines) is 1. The van der Waals surface area contributed by atoms with Gasteiger partial charge < -0.3 is 9.47 Å². The van der Waals surface area contributed by atoms with E-state index in [4.69, 9.17) is 9.47 Å². The summed E-state index contributed by atoms with van der Waals surface area (Å²) in [6.07, 6.45) is 3.81. The Morgan fingerprint density at radius 1 is 1.25 bits per heavy atom. The second-order valence-electron chi connectivity index (χ2n) is 5.52. The third-order valence-corrected chi connectivity index (χ3v) is 4.91. The maximum absolute atomic E-state index is 11.4. The summed E-state index contributed by atoms with van der Waals surface area (Å²) < 4.78 is 23.0. The second kappa shape index (κ2) is 5.93. The average Bonchev–Trinajstić information content (AvgIpc) is 2.87. The van der Waals surface area contributed by atoms with Crippen molar-refractivity contribution in [2.24, 2.45) is 0 Å². The van der Waals surface area contributed by atoms with Gasteiger partial charge in [0.15, 0.2) is 5.79 Å². The molecule has 2 saturated heterocycles. The number of hydrogen-bond acceptors (Lipinski definition) is 4. The summed E-state index contributed by atoms with van der Waals surface area (Å²) in [5.74, 6) is -0.358. The highest BCUT2D eigenvalue weighted by Crippen LogP contribution is 2.30.